The van der Waals surface area contributed by atoms with E-state index in [-0.39, 0.29) is 30.3 Å². The van der Waals surface area contributed by atoms with Gasteiger partial charge in [0.25, 0.3) is 0 Å². The first-order chi connectivity index (χ1) is 8.04. The van der Waals surface area contributed by atoms with E-state index in [0.717, 1.165) is 6.07 Å². The van der Waals surface area contributed by atoms with Gasteiger partial charge in [0.15, 0.2) is 17.3 Å². The summed E-state index contributed by atoms with van der Waals surface area (Å²) >= 11 is 0. The van der Waals surface area contributed by atoms with Crippen molar-refractivity contribution in [2.24, 2.45) is 0 Å². The van der Waals surface area contributed by atoms with Gasteiger partial charge in [-0.25, -0.2) is 4.39 Å². The van der Waals surface area contributed by atoms with Crippen molar-refractivity contribution in [1.82, 2.24) is 0 Å². The van der Waals surface area contributed by atoms with Crippen molar-refractivity contribution in [2.45, 2.75) is 13.0 Å². The second-order valence-electron chi connectivity index (χ2n) is 3.62. The molecule has 0 amide bonds. The monoisotopic (exact) mass is 242 g/mol. The molecule has 0 spiro atoms. The zero-order chi connectivity index (χ0) is 12.8. The van der Waals surface area contributed by atoms with Crippen molar-refractivity contribution in [1.29, 1.82) is 0 Å². The molecule has 0 bridgehead atoms. The molecule has 94 valence electrons. The molecule has 0 aliphatic rings. The second-order valence-corrected chi connectivity index (χ2v) is 3.62. The highest BCUT2D eigenvalue weighted by atomic mass is 19.1. The predicted octanol–water partition coefficient (Wildman–Crippen LogP) is 1.41. The van der Waals surface area contributed by atoms with Crippen molar-refractivity contribution >= 4 is 5.78 Å². The summed E-state index contributed by atoms with van der Waals surface area (Å²) in [6.45, 7) is 1.41. The number of benzene rings is 1. The first kappa shape index (κ1) is 13.6. The van der Waals surface area contributed by atoms with Crippen LogP contribution in [0.25, 0.3) is 0 Å². The molecule has 0 saturated heterocycles. The van der Waals surface area contributed by atoms with E-state index in [1.807, 2.05) is 0 Å². The molecule has 1 rings (SSSR count). The third-order valence-electron chi connectivity index (χ3n) is 2.13. The fourth-order valence-electron chi connectivity index (χ4n) is 1.26. The number of hydrogen-bond donors (Lipinski definition) is 1. The van der Waals surface area contributed by atoms with Crippen LogP contribution in [0.4, 0.5) is 4.39 Å². The number of carbonyl (C=O) groups is 1. The van der Waals surface area contributed by atoms with Crippen molar-refractivity contribution < 1.29 is 23.8 Å². The Hall–Kier alpha value is -1.46. The zero-order valence-electron chi connectivity index (χ0n) is 9.77. The first-order valence-corrected chi connectivity index (χ1v) is 5.15. The maximum Gasteiger partial charge on any atom is 0.165 e. The zero-order valence-corrected chi connectivity index (χ0v) is 9.77. The second kappa shape index (κ2) is 6.32. The fraction of sp³-hybridized carbons (Fsp3) is 0.417. The van der Waals surface area contributed by atoms with E-state index >= 15 is 0 Å². The molecule has 17 heavy (non-hydrogen) atoms. The molecular formula is C12H15FO4. The molecule has 4 nitrogen and oxygen atoms in total. The maximum absolute atomic E-state index is 13.5. The van der Waals surface area contributed by atoms with Crippen molar-refractivity contribution in [3.63, 3.8) is 0 Å². The Morgan fingerprint density at radius 1 is 1.47 bits per heavy atom. The van der Waals surface area contributed by atoms with Crippen LogP contribution in [0.5, 0.6) is 5.75 Å². The number of methoxy groups -OCH3 is 1. The van der Waals surface area contributed by atoms with Crippen LogP contribution < -0.4 is 4.74 Å². The van der Waals surface area contributed by atoms with Crippen molar-refractivity contribution in [3.05, 3.63) is 29.6 Å². The minimum Gasteiger partial charge on any atom is -0.488 e. The molecule has 0 aliphatic carbocycles. The standard InChI is InChI=1S/C12H15FO4/c1-8(14)9-3-4-12(11(13)5-9)17-7-10(15)6-16-2/h3-5,10,15H,6-7H2,1-2H3. The van der Waals surface area contributed by atoms with E-state index in [4.69, 9.17) is 9.47 Å². The highest BCUT2D eigenvalue weighted by molar-refractivity contribution is 5.94. The van der Waals surface area contributed by atoms with E-state index in [9.17, 15) is 14.3 Å². The third-order valence-corrected chi connectivity index (χ3v) is 2.13. The Balaban J connectivity index is 2.63. The highest BCUT2D eigenvalue weighted by Crippen LogP contribution is 2.18. The Labute approximate surface area is 99.0 Å². The van der Waals surface area contributed by atoms with Crippen LogP contribution in [-0.4, -0.2) is 37.3 Å². The Bertz CT molecular complexity index is 392. The molecule has 0 aromatic heterocycles. The topological polar surface area (TPSA) is 55.8 Å². The molecular weight excluding hydrogens is 227 g/mol. The molecule has 1 atom stereocenters. The largest absolute Gasteiger partial charge is 0.488 e. The van der Waals surface area contributed by atoms with Crippen LogP contribution in [-0.2, 0) is 4.74 Å². The first-order valence-electron chi connectivity index (χ1n) is 5.15. The molecule has 1 aromatic carbocycles. The number of rotatable bonds is 6. The lowest BCUT2D eigenvalue weighted by Crippen LogP contribution is -2.22. The van der Waals surface area contributed by atoms with Crippen LogP contribution in [0.1, 0.15) is 17.3 Å². The van der Waals surface area contributed by atoms with Gasteiger partial charge in [-0.15, -0.1) is 0 Å². The minimum atomic E-state index is -0.813. The van der Waals surface area contributed by atoms with Gasteiger partial charge in [-0.1, -0.05) is 0 Å². The summed E-state index contributed by atoms with van der Waals surface area (Å²) in [5.74, 6) is -0.831. The van der Waals surface area contributed by atoms with Gasteiger partial charge in [0.2, 0.25) is 0 Å². The van der Waals surface area contributed by atoms with Crippen LogP contribution >= 0.6 is 0 Å². The van der Waals surface area contributed by atoms with E-state index in [1.165, 1.54) is 26.2 Å². The van der Waals surface area contributed by atoms with Gasteiger partial charge < -0.3 is 14.6 Å². The summed E-state index contributed by atoms with van der Waals surface area (Å²) < 4.78 is 23.2. The lowest BCUT2D eigenvalue weighted by Gasteiger charge is -2.12. The lowest BCUT2D eigenvalue weighted by atomic mass is 10.1. The molecule has 5 heteroatoms. The van der Waals surface area contributed by atoms with Crippen LogP contribution in [0.15, 0.2) is 18.2 Å². The Morgan fingerprint density at radius 2 is 2.18 bits per heavy atom. The van der Waals surface area contributed by atoms with Crippen LogP contribution in [0, 0.1) is 5.82 Å². The Kier molecular flexibility index (Phi) is 5.06. The summed E-state index contributed by atoms with van der Waals surface area (Å²) in [6.07, 6.45) is -0.813. The van der Waals surface area contributed by atoms with Crippen LogP contribution in [0.2, 0.25) is 0 Å². The smallest absolute Gasteiger partial charge is 0.165 e. The van der Waals surface area contributed by atoms with Gasteiger partial charge >= 0.3 is 0 Å². The molecule has 0 fully saturated rings. The van der Waals surface area contributed by atoms with Gasteiger partial charge in [0, 0.05) is 12.7 Å². The van der Waals surface area contributed by atoms with E-state index in [1.54, 1.807) is 0 Å². The number of ketones is 1. The maximum atomic E-state index is 13.5. The normalized spacial score (nSPS) is 12.2. The number of ether oxygens (including phenoxy) is 2. The molecule has 0 aliphatic heterocycles. The van der Waals surface area contributed by atoms with Gasteiger partial charge in [-0.3, -0.25) is 4.79 Å². The molecule has 0 radical (unpaired) electrons. The average molecular weight is 242 g/mol. The van der Waals surface area contributed by atoms with Gasteiger partial charge in [-0.05, 0) is 25.1 Å². The van der Waals surface area contributed by atoms with Gasteiger partial charge in [0.1, 0.15) is 12.7 Å². The van der Waals surface area contributed by atoms with Crippen molar-refractivity contribution in [3.8, 4) is 5.75 Å². The van der Waals surface area contributed by atoms with Gasteiger partial charge in [-0.2, -0.15) is 0 Å². The summed E-state index contributed by atoms with van der Waals surface area (Å²) in [7, 11) is 1.45. The van der Waals surface area contributed by atoms with Gasteiger partial charge in [0.05, 0.1) is 6.61 Å². The van der Waals surface area contributed by atoms with Crippen LogP contribution in [0.3, 0.4) is 0 Å². The number of carbonyl (C=O) groups excluding carboxylic acids is 1. The number of halogens is 1. The molecule has 1 N–H and O–H groups in total. The third kappa shape index (κ3) is 4.13. The number of aliphatic hydroxyl groups excluding tert-OH is 1. The predicted molar refractivity (Wildman–Crippen MR) is 59.8 cm³/mol. The Morgan fingerprint density at radius 3 is 2.71 bits per heavy atom. The fourth-order valence-corrected chi connectivity index (χ4v) is 1.26. The minimum absolute atomic E-state index is 0.00477. The number of Topliss-reactive ketones (excluding diaryl/α,β-unsaturated/α-hetero) is 1. The molecule has 0 heterocycles. The average Bonchev–Trinajstić information content (AvgIpc) is 2.27. The number of hydrogen-bond acceptors (Lipinski definition) is 4. The number of aliphatic hydroxyl groups is 1. The summed E-state index contributed by atoms with van der Waals surface area (Å²) in [5.41, 5.74) is 0.285. The quantitative estimate of drug-likeness (QED) is 0.766. The SMILES string of the molecule is COCC(O)COc1ccc(C(C)=O)cc1F. The van der Waals surface area contributed by atoms with E-state index in [2.05, 4.69) is 0 Å². The summed E-state index contributed by atoms with van der Waals surface area (Å²) in [5, 5.41) is 9.32. The molecule has 0 saturated carbocycles. The van der Waals surface area contributed by atoms with E-state index in [0.29, 0.717) is 0 Å². The lowest BCUT2D eigenvalue weighted by molar-refractivity contribution is 0.0316. The highest BCUT2D eigenvalue weighted by Gasteiger charge is 2.10. The van der Waals surface area contributed by atoms with E-state index < -0.39 is 11.9 Å². The molecule has 1 aromatic rings. The summed E-state index contributed by atoms with van der Waals surface area (Å²) in [6, 6.07) is 3.95. The van der Waals surface area contributed by atoms with Crippen molar-refractivity contribution in [2.75, 3.05) is 20.3 Å². The summed E-state index contributed by atoms with van der Waals surface area (Å²) in [4.78, 5) is 11.0. The molecule has 1 unspecified atom stereocenters.